The van der Waals surface area contributed by atoms with Crippen molar-refractivity contribution in [3.05, 3.63) is 68.2 Å². The molecule has 2 rings (SSSR count). The lowest BCUT2D eigenvalue weighted by Crippen LogP contribution is -2.10. The van der Waals surface area contributed by atoms with Gasteiger partial charge in [0.05, 0.1) is 0 Å². The number of carbonyl (C=O) groups excluding carboxylic acids is 1. The maximum absolute atomic E-state index is 14.0. The summed E-state index contributed by atoms with van der Waals surface area (Å²) in [6.45, 7) is 0. The molecule has 0 spiro atoms. The van der Waals surface area contributed by atoms with Crippen LogP contribution in [0.3, 0.4) is 0 Å². The molecule has 0 aromatic heterocycles. The average molecular weight is 473 g/mol. The minimum atomic E-state index is -0.601. The predicted octanol–water partition coefficient (Wildman–Crippen LogP) is 6.29. The third kappa shape index (κ3) is 3.53. The van der Waals surface area contributed by atoms with Gasteiger partial charge in [0.1, 0.15) is 11.6 Å². The van der Waals surface area contributed by atoms with Crippen molar-refractivity contribution in [2.24, 2.45) is 0 Å². The van der Waals surface area contributed by atoms with Gasteiger partial charge in [-0.15, -0.1) is 0 Å². The summed E-state index contributed by atoms with van der Waals surface area (Å²) >= 11 is 17.9. The fourth-order valence-corrected chi connectivity index (χ4v) is 3.58. The van der Waals surface area contributed by atoms with Crippen LogP contribution in [0.25, 0.3) is 0 Å². The zero-order chi connectivity index (χ0) is 16.4. The van der Waals surface area contributed by atoms with Crippen LogP contribution in [-0.4, -0.2) is 5.78 Å². The highest BCUT2D eigenvalue weighted by Gasteiger charge is 2.22. The van der Waals surface area contributed by atoms with Crippen molar-refractivity contribution in [3.8, 4) is 0 Å². The summed E-state index contributed by atoms with van der Waals surface area (Å²) < 4.78 is 27.9. The minimum Gasteiger partial charge on any atom is -0.289 e. The monoisotopic (exact) mass is 470 g/mol. The van der Waals surface area contributed by atoms with E-state index in [0.717, 1.165) is 12.1 Å². The van der Waals surface area contributed by atoms with E-state index < -0.39 is 17.4 Å². The molecule has 0 amide bonds. The van der Waals surface area contributed by atoms with Crippen molar-refractivity contribution < 1.29 is 13.6 Å². The molecule has 2 aromatic rings. The molecule has 0 aliphatic carbocycles. The number of rotatable bonds is 4. The summed E-state index contributed by atoms with van der Waals surface area (Å²) in [4.78, 5) is 12.7. The van der Waals surface area contributed by atoms with E-state index in [2.05, 4.69) is 31.9 Å². The summed E-state index contributed by atoms with van der Waals surface area (Å²) in [6.07, 6.45) is 0. The Morgan fingerprint density at radius 1 is 0.864 bits per heavy atom. The molecule has 0 fully saturated rings. The SMILES string of the molecule is O=C(c1cc(Cl)cc(F)c1CBr)c1cc(Cl)cc(F)c1CBr. The summed E-state index contributed by atoms with van der Waals surface area (Å²) in [5.74, 6) is -1.74. The Hall–Kier alpha value is -0.490. The van der Waals surface area contributed by atoms with Gasteiger partial charge in [-0.3, -0.25) is 4.79 Å². The van der Waals surface area contributed by atoms with Gasteiger partial charge >= 0.3 is 0 Å². The molecule has 0 atom stereocenters. The van der Waals surface area contributed by atoms with Crippen molar-refractivity contribution in [1.29, 1.82) is 0 Å². The summed E-state index contributed by atoms with van der Waals surface area (Å²) in [7, 11) is 0. The number of hydrogen-bond acceptors (Lipinski definition) is 1. The van der Waals surface area contributed by atoms with Gasteiger partial charge in [-0.1, -0.05) is 55.1 Å². The molecule has 0 bridgehead atoms. The molecule has 22 heavy (non-hydrogen) atoms. The van der Waals surface area contributed by atoms with Gasteiger partial charge in [0, 0.05) is 43.0 Å². The van der Waals surface area contributed by atoms with Crippen molar-refractivity contribution >= 4 is 60.8 Å². The molecule has 116 valence electrons. The molecule has 0 unspecified atom stereocenters. The van der Waals surface area contributed by atoms with Crippen LogP contribution in [0.5, 0.6) is 0 Å². The first kappa shape index (κ1) is 17.9. The lowest BCUT2D eigenvalue weighted by Gasteiger charge is -2.12. The Kier molecular flexibility index (Phi) is 6.00. The molecule has 2 aromatic carbocycles. The maximum Gasteiger partial charge on any atom is 0.193 e. The number of alkyl halides is 2. The van der Waals surface area contributed by atoms with Crippen LogP contribution in [-0.2, 0) is 10.7 Å². The van der Waals surface area contributed by atoms with E-state index >= 15 is 0 Å². The van der Waals surface area contributed by atoms with E-state index in [4.69, 9.17) is 23.2 Å². The summed E-state index contributed by atoms with van der Waals surface area (Å²) in [6, 6.07) is 4.97. The number of hydrogen-bond donors (Lipinski definition) is 0. The third-order valence-electron chi connectivity index (χ3n) is 3.08. The molecule has 0 radical (unpaired) electrons. The van der Waals surface area contributed by atoms with Crippen LogP contribution >= 0.6 is 55.1 Å². The molecule has 0 N–H and O–H groups in total. The highest BCUT2D eigenvalue weighted by Crippen LogP contribution is 2.29. The molecule has 0 heterocycles. The lowest BCUT2D eigenvalue weighted by atomic mass is 9.95. The van der Waals surface area contributed by atoms with Gasteiger partial charge in [-0.2, -0.15) is 0 Å². The minimum absolute atomic E-state index is 0.0748. The molecule has 0 saturated heterocycles. The fourth-order valence-electron chi connectivity index (χ4n) is 2.03. The quantitative estimate of drug-likeness (QED) is 0.377. The second kappa shape index (κ2) is 7.39. The van der Waals surface area contributed by atoms with E-state index in [1.54, 1.807) is 0 Å². The smallest absolute Gasteiger partial charge is 0.193 e. The zero-order valence-electron chi connectivity index (χ0n) is 10.9. The van der Waals surface area contributed by atoms with E-state index in [1.165, 1.54) is 12.1 Å². The topological polar surface area (TPSA) is 17.1 Å². The van der Waals surface area contributed by atoms with Crippen LogP contribution in [0, 0.1) is 11.6 Å². The predicted molar refractivity (Wildman–Crippen MR) is 91.5 cm³/mol. The number of halogens is 6. The first-order valence-electron chi connectivity index (χ1n) is 6.01. The number of carbonyl (C=O) groups is 1. The molecular weight excluding hydrogens is 465 g/mol. The third-order valence-corrected chi connectivity index (χ3v) is 4.63. The van der Waals surface area contributed by atoms with E-state index in [1.807, 2.05) is 0 Å². The molecule has 1 nitrogen and oxygen atoms in total. The van der Waals surface area contributed by atoms with Crippen molar-refractivity contribution in [2.45, 2.75) is 10.7 Å². The number of ketones is 1. The Balaban J connectivity index is 2.68. The molecule has 7 heteroatoms. The van der Waals surface area contributed by atoms with Crippen LogP contribution in [0.4, 0.5) is 8.78 Å². The van der Waals surface area contributed by atoms with Crippen LogP contribution in [0.2, 0.25) is 10.0 Å². The second-order valence-electron chi connectivity index (χ2n) is 4.42. The zero-order valence-corrected chi connectivity index (χ0v) is 15.6. The van der Waals surface area contributed by atoms with Gasteiger partial charge < -0.3 is 0 Å². The van der Waals surface area contributed by atoms with E-state index in [9.17, 15) is 13.6 Å². The average Bonchev–Trinajstić information content (AvgIpc) is 2.45. The normalized spacial score (nSPS) is 10.8. The van der Waals surface area contributed by atoms with Gasteiger partial charge in [0.25, 0.3) is 0 Å². The fraction of sp³-hybridized carbons (Fsp3) is 0.133. The van der Waals surface area contributed by atoms with Gasteiger partial charge in [0.15, 0.2) is 5.78 Å². The summed E-state index contributed by atoms with van der Waals surface area (Å²) in [5.41, 5.74) is 0.474. The highest BCUT2D eigenvalue weighted by molar-refractivity contribution is 9.08. The Morgan fingerprint density at radius 3 is 1.55 bits per heavy atom. The summed E-state index contributed by atoms with van der Waals surface area (Å²) in [5, 5.41) is 0.440. The Labute approximate surface area is 152 Å². The first-order chi connectivity index (χ1) is 10.4. The highest BCUT2D eigenvalue weighted by atomic mass is 79.9. The molecular formula is C15H8Br2Cl2F2O. The molecule has 0 saturated carbocycles. The molecule has 0 aliphatic rings. The lowest BCUT2D eigenvalue weighted by molar-refractivity contribution is 0.103. The standard InChI is InChI=1S/C15H8Br2Cl2F2O/c16-5-11-9(1-7(18)3-13(11)20)15(22)10-2-8(19)4-14(21)12(10)6-17/h1-4H,5-6H2. The van der Waals surface area contributed by atoms with E-state index in [-0.39, 0.29) is 43.0 Å². The van der Waals surface area contributed by atoms with Gasteiger partial charge in [-0.05, 0) is 24.3 Å². The van der Waals surface area contributed by atoms with Gasteiger partial charge in [0.2, 0.25) is 0 Å². The Morgan fingerprint density at radius 2 is 1.23 bits per heavy atom. The van der Waals surface area contributed by atoms with Crippen molar-refractivity contribution in [3.63, 3.8) is 0 Å². The largest absolute Gasteiger partial charge is 0.289 e. The maximum atomic E-state index is 14.0. The Bertz CT molecular complexity index is 689. The van der Waals surface area contributed by atoms with Gasteiger partial charge in [-0.25, -0.2) is 8.78 Å². The second-order valence-corrected chi connectivity index (χ2v) is 6.42. The van der Waals surface area contributed by atoms with Crippen LogP contribution < -0.4 is 0 Å². The van der Waals surface area contributed by atoms with Crippen LogP contribution in [0.1, 0.15) is 27.0 Å². The number of benzene rings is 2. The van der Waals surface area contributed by atoms with Crippen molar-refractivity contribution in [2.75, 3.05) is 0 Å². The van der Waals surface area contributed by atoms with Crippen LogP contribution in [0.15, 0.2) is 24.3 Å². The molecule has 0 aliphatic heterocycles. The first-order valence-corrected chi connectivity index (χ1v) is 9.01. The van der Waals surface area contributed by atoms with E-state index in [0.29, 0.717) is 0 Å². The van der Waals surface area contributed by atoms with Crippen molar-refractivity contribution in [1.82, 2.24) is 0 Å².